The van der Waals surface area contributed by atoms with E-state index in [-0.39, 0.29) is 5.96 Å². The Kier molecular flexibility index (Phi) is 1.30. The Balaban J connectivity index is 2.74. The molecule has 0 spiro atoms. The van der Waals surface area contributed by atoms with Crippen molar-refractivity contribution in [1.29, 1.82) is 0 Å². The number of hydrogen-bond acceptors (Lipinski definition) is 6. The molecule has 0 fully saturated rings. The summed E-state index contributed by atoms with van der Waals surface area (Å²) in [7, 11) is 1.42. The van der Waals surface area contributed by atoms with Crippen LogP contribution >= 0.6 is 0 Å². The van der Waals surface area contributed by atoms with E-state index in [1.54, 1.807) is 0 Å². The topological polar surface area (TPSA) is 100 Å². The lowest BCUT2D eigenvalue weighted by molar-refractivity contribution is -0.670. The van der Waals surface area contributed by atoms with E-state index in [4.69, 9.17) is 5.73 Å². The summed E-state index contributed by atoms with van der Waals surface area (Å²) in [4.78, 5) is 10.1. The number of guanidine groups is 1. The van der Waals surface area contributed by atoms with Crippen molar-refractivity contribution in [3.05, 3.63) is 10.1 Å². The molecule has 8 nitrogen and oxygen atoms in total. The second-order valence-electron chi connectivity index (χ2n) is 1.62. The van der Waals surface area contributed by atoms with Crippen LogP contribution < -0.4 is 11.3 Å². The lowest BCUT2D eigenvalue weighted by atomic mass is 11.0. The van der Waals surface area contributed by atoms with Gasteiger partial charge < -0.3 is 5.73 Å². The average Bonchev–Trinajstić information content (AvgIpc) is 2.11. The predicted molar refractivity (Wildman–Crippen MR) is 31.4 cm³/mol. The van der Waals surface area contributed by atoms with Gasteiger partial charge in [-0.1, -0.05) is 5.12 Å². The smallest absolute Gasteiger partial charge is 0.299 e. The van der Waals surface area contributed by atoms with Crippen molar-refractivity contribution in [3.8, 4) is 0 Å². The Bertz CT molecular complexity index is 188. The van der Waals surface area contributed by atoms with Crippen molar-refractivity contribution >= 4 is 5.96 Å². The molecule has 0 aromatic carbocycles. The second-order valence-corrected chi connectivity index (χ2v) is 1.62. The molecular weight excluding hydrogens is 140 g/mol. The molecule has 0 aliphatic carbocycles. The van der Waals surface area contributed by atoms with E-state index in [2.05, 4.69) is 10.6 Å². The molecule has 0 saturated heterocycles. The van der Waals surface area contributed by atoms with Crippen LogP contribution in [0.15, 0.2) is 5.10 Å². The standard InChI is InChI=1S/C2H6N6O2/c1-6-5-4-2(3)7(6)8(9)10/h5H,1H3,(H2,3,4). The van der Waals surface area contributed by atoms with Crippen LogP contribution in [0.25, 0.3) is 0 Å². The third kappa shape index (κ3) is 0.796. The number of hydrazone groups is 1. The fraction of sp³-hybridized carbons (Fsp3) is 0.500. The van der Waals surface area contributed by atoms with Crippen molar-refractivity contribution in [2.45, 2.75) is 0 Å². The van der Waals surface area contributed by atoms with Gasteiger partial charge in [0.1, 0.15) is 0 Å². The molecule has 10 heavy (non-hydrogen) atoms. The molecule has 0 bridgehead atoms. The molecule has 0 aromatic heterocycles. The summed E-state index contributed by atoms with van der Waals surface area (Å²) in [5, 5.41) is 14.4. The van der Waals surface area contributed by atoms with Crippen LogP contribution in [0.5, 0.6) is 0 Å². The van der Waals surface area contributed by atoms with Gasteiger partial charge in [-0.05, 0) is 0 Å². The van der Waals surface area contributed by atoms with E-state index in [1.165, 1.54) is 7.05 Å². The number of hydrogen-bond donors (Lipinski definition) is 2. The minimum absolute atomic E-state index is 0.187. The zero-order valence-electron chi connectivity index (χ0n) is 5.18. The fourth-order valence-corrected chi connectivity index (χ4v) is 0.558. The summed E-state index contributed by atoms with van der Waals surface area (Å²) < 4.78 is 0. The van der Waals surface area contributed by atoms with Gasteiger partial charge in [-0.25, -0.2) is 15.6 Å². The Hall–Kier alpha value is -1.57. The van der Waals surface area contributed by atoms with Crippen LogP contribution in [0.3, 0.4) is 0 Å². The summed E-state index contributed by atoms with van der Waals surface area (Å²) >= 11 is 0. The van der Waals surface area contributed by atoms with Gasteiger partial charge >= 0.3 is 0 Å². The number of nitro groups is 1. The zero-order valence-corrected chi connectivity index (χ0v) is 5.18. The summed E-state index contributed by atoms with van der Waals surface area (Å²) in [6.07, 6.45) is 0. The minimum Gasteiger partial charge on any atom is -0.362 e. The molecule has 1 heterocycles. The molecule has 0 saturated carbocycles. The first-order valence-electron chi connectivity index (χ1n) is 2.40. The first-order valence-corrected chi connectivity index (χ1v) is 2.40. The molecule has 0 radical (unpaired) electrons. The summed E-state index contributed by atoms with van der Waals surface area (Å²) in [5.74, 6) is -0.187. The third-order valence-electron chi connectivity index (χ3n) is 0.953. The maximum Gasteiger partial charge on any atom is 0.299 e. The van der Waals surface area contributed by atoms with Gasteiger partial charge in [-0.15, -0.1) is 5.10 Å². The first-order chi connectivity index (χ1) is 4.63. The van der Waals surface area contributed by atoms with Crippen molar-refractivity contribution in [2.75, 3.05) is 7.05 Å². The SMILES string of the molecule is CN1NN=C(N)N1[N+](=O)[O-]. The van der Waals surface area contributed by atoms with Crippen LogP contribution in [-0.4, -0.2) is 28.3 Å². The number of hydrazine groups is 3. The monoisotopic (exact) mass is 146 g/mol. The average molecular weight is 146 g/mol. The van der Waals surface area contributed by atoms with E-state index < -0.39 is 5.03 Å². The van der Waals surface area contributed by atoms with E-state index in [0.29, 0.717) is 5.12 Å². The predicted octanol–water partition coefficient (Wildman–Crippen LogP) is -1.93. The van der Waals surface area contributed by atoms with Gasteiger partial charge in [0.25, 0.3) is 5.96 Å². The molecule has 1 rings (SSSR count). The highest BCUT2D eigenvalue weighted by Crippen LogP contribution is 1.96. The number of nitrogens with two attached hydrogens (primary N) is 1. The Morgan fingerprint density at radius 1 is 1.90 bits per heavy atom. The van der Waals surface area contributed by atoms with Gasteiger partial charge in [0.05, 0.1) is 0 Å². The van der Waals surface area contributed by atoms with Gasteiger partial charge in [0.15, 0.2) is 5.03 Å². The van der Waals surface area contributed by atoms with Gasteiger partial charge in [-0.2, -0.15) is 0 Å². The van der Waals surface area contributed by atoms with Crippen LogP contribution in [0.2, 0.25) is 0 Å². The van der Waals surface area contributed by atoms with Crippen LogP contribution in [0.4, 0.5) is 0 Å². The quantitative estimate of drug-likeness (QED) is 0.330. The normalized spacial score (nSPS) is 18.5. The lowest BCUT2D eigenvalue weighted by Gasteiger charge is -2.11. The van der Waals surface area contributed by atoms with Crippen LogP contribution in [-0.2, 0) is 0 Å². The summed E-state index contributed by atoms with van der Waals surface area (Å²) in [6, 6.07) is 0. The number of nitrogens with zero attached hydrogens (tertiary/aromatic N) is 4. The summed E-state index contributed by atoms with van der Waals surface area (Å²) in [5.41, 5.74) is 7.38. The molecule has 8 heteroatoms. The van der Waals surface area contributed by atoms with E-state index in [0.717, 1.165) is 5.12 Å². The van der Waals surface area contributed by atoms with E-state index in [1.807, 2.05) is 0 Å². The van der Waals surface area contributed by atoms with Crippen molar-refractivity contribution < 1.29 is 5.03 Å². The molecule has 1 aliphatic heterocycles. The van der Waals surface area contributed by atoms with Crippen molar-refractivity contribution in [1.82, 2.24) is 15.8 Å². The molecule has 0 aromatic rings. The third-order valence-corrected chi connectivity index (χ3v) is 0.953. The van der Waals surface area contributed by atoms with Gasteiger partial charge in [0.2, 0.25) is 0 Å². The Morgan fingerprint density at radius 3 is 2.70 bits per heavy atom. The van der Waals surface area contributed by atoms with Gasteiger partial charge in [0, 0.05) is 12.2 Å². The second kappa shape index (κ2) is 1.99. The maximum absolute atomic E-state index is 10.1. The van der Waals surface area contributed by atoms with Crippen molar-refractivity contribution in [2.24, 2.45) is 10.8 Å². The summed E-state index contributed by atoms with van der Waals surface area (Å²) in [6.45, 7) is 0. The highest BCUT2D eigenvalue weighted by atomic mass is 16.7. The van der Waals surface area contributed by atoms with Gasteiger partial charge in [-0.3, -0.25) is 0 Å². The lowest BCUT2D eigenvalue weighted by Crippen LogP contribution is -2.48. The van der Waals surface area contributed by atoms with E-state index in [9.17, 15) is 10.1 Å². The van der Waals surface area contributed by atoms with E-state index >= 15 is 0 Å². The molecule has 3 N–H and O–H groups in total. The first kappa shape index (κ1) is 6.55. The molecule has 56 valence electrons. The highest BCUT2D eigenvalue weighted by molar-refractivity contribution is 5.76. The molecule has 0 atom stereocenters. The minimum atomic E-state index is -0.682. The maximum atomic E-state index is 10.1. The molecule has 0 unspecified atom stereocenters. The molecular formula is C2H6N6O2. The molecule has 0 amide bonds. The van der Waals surface area contributed by atoms with Crippen LogP contribution in [0, 0.1) is 10.1 Å². The number of rotatable bonds is 1. The fourth-order valence-electron chi connectivity index (χ4n) is 0.558. The largest absolute Gasteiger partial charge is 0.362 e. The Labute approximate surface area is 55.9 Å². The van der Waals surface area contributed by atoms with Crippen LogP contribution in [0.1, 0.15) is 0 Å². The zero-order chi connectivity index (χ0) is 7.72. The molecule has 1 aliphatic rings. The Morgan fingerprint density at radius 2 is 2.50 bits per heavy atom. The van der Waals surface area contributed by atoms with Crippen molar-refractivity contribution in [3.63, 3.8) is 0 Å². The number of nitrogens with one attached hydrogen (secondary N) is 1. The highest BCUT2D eigenvalue weighted by Gasteiger charge is 2.30.